The number of hydrogen-bond donors (Lipinski definition) is 2. The van der Waals surface area contributed by atoms with Crippen molar-refractivity contribution in [3.63, 3.8) is 0 Å². The normalized spacial score (nSPS) is 24.6. The summed E-state index contributed by atoms with van der Waals surface area (Å²) in [6.07, 6.45) is 6.75. The molecule has 1 aromatic heterocycles. The van der Waals surface area contributed by atoms with Gasteiger partial charge in [-0.1, -0.05) is 12.8 Å². The Hall–Kier alpha value is -0.130. The van der Waals surface area contributed by atoms with Crippen molar-refractivity contribution in [2.75, 3.05) is 11.9 Å². The van der Waals surface area contributed by atoms with Crippen LogP contribution >= 0.6 is 31.9 Å². The third kappa shape index (κ3) is 3.66. The first-order chi connectivity index (χ1) is 8.16. The van der Waals surface area contributed by atoms with Crippen LogP contribution in [0.5, 0.6) is 0 Å². The number of hydrogen-bond acceptors (Lipinski definition) is 3. The second kappa shape index (κ2) is 6.16. The minimum Gasteiger partial charge on any atom is -0.369 e. The Kier molecular flexibility index (Phi) is 4.82. The van der Waals surface area contributed by atoms with Crippen molar-refractivity contribution in [2.45, 2.75) is 31.7 Å². The summed E-state index contributed by atoms with van der Waals surface area (Å²) in [5, 5.41) is 3.38. The average Bonchev–Trinajstić information content (AvgIpc) is 2.30. The number of nitrogens with zero attached hydrogens (tertiary/aromatic N) is 1. The molecule has 0 spiro atoms. The zero-order chi connectivity index (χ0) is 12.3. The molecule has 1 aliphatic carbocycles. The molecule has 1 heterocycles. The topological polar surface area (TPSA) is 50.9 Å². The van der Waals surface area contributed by atoms with Crippen molar-refractivity contribution >= 4 is 37.7 Å². The van der Waals surface area contributed by atoms with Crippen LogP contribution in [0.15, 0.2) is 21.2 Å². The molecule has 1 aliphatic rings. The van der Waals surface area contributed by atoms with E-state index in [1.807, 2.05) is 6.07 Å². The second-order valence-corrected chi connectivity index (χ2v) is 6.34. The fraction of sp³-hybridized carbons (Fsp3) is 0.583. The monoisotopic (exact) mass is 361 g/mol. The molecule has 1 aromatic rings. The van der Waals surface area contributed by atoms with Crippen molar-refractivity contribution in [1.29, 1.82) is 0 Å². The van der Waals surface area contributed by atoms with Crippen molar-refractivity contribution in [3.8, 4) is 0 Å². The first-order valence-electron chi connectivity index (χ1n) is 5.97. The fourth-order valence-electron chi connectivity index (χ4n) is 2.26. The number of nitrogens with one attached hydrogen (secondary N) is 1. The molecule has 5 heteroatoms. The van der Waals surface area contributed by atoms with E-state index < -0.39 is 0 Å². The summed E-state index contributed by atoms with van der Waals surface area (Å²) in [4.78, 5) is 4.34. The number of halogens is 2. The summed E-state index contributed by atoms with van der Waals surface area (Å²) < 4.78 is 1.96. The van der Waals surface area contributed by atoms with Crippen molar-refractivity contribution in [1.82, 2.24) is 4.98 Å². The molecule has 2 atom stereocenters. The summed E-state index contributed by atoms with van der Waals surface area (Å²) in [7, 11) is 0. The Morgan fingerprint density at radius 1 is 1.35 bits per heavy atom. The van der Waals surface area contributed by atoms with Crippen LogP contribution in [-0.2, 0) is 0 Å². The molecule has 0 saturated heterocycles. The SMILES string of the molecule is NC1CCCCC1CNc1ncc(Br)cc1Br. The van der Waals surface area contributed by atoms with Crippen LogP contribution in [0.3, 0.4) is 0 Å². The van der Waals surface area contributed by atoms with Gasteiger partial charge < -0.3 is 11.1 Å². The van der Waals surface area contributed by atoms with Crippen LogP contribution in [0, 0.1) is 5.92 Å². The van der Waals surface area contributed by atoms with Crippen LogP contribution in [0.1, 0.15) is 25.7 Å². The van der Waals surface area contributed by atoms with E-state index >= 15 is 0 Å². The Morgan fingerprint density at radius 3 is 2.82 bits per heavy atom. The highest BCUT2D eigenvalue weighted by Gasteiger charge is 2.21. The van der Waals surface area contributed by atoms with Crippen LogP contribution in [0.4, 0.5) is 5.82 Å². The number of anilines is 1. The molecule has 0 bridgehead atoms. The smallest absolute Gasteiger partial charge is 0.140 e. The molecule has 0 amide bonds. The predicted octanol–water partition coefficient (Wildman–Crippen LogP) is 3.54. The third-order valence-corrected chi connectivity index (χ3v) is 4.35. The Balaban J connectivity index is 1.92. The predicted molar refractivity (Wildman–Crippen MR) is 78.1 cm³/mol. The molecule has 0 aromatic carbocycles. The fourth-order valence-corrected chi connectivity index (χ4v) is 3.39. The number of nitrogens with two attached hydrogens (primary N) is 1. The van der Waals surface area contributed by atoms with Gasteiger partial charge in [0.1, 0.15) is 5.82 Å². The molecule has 0 radical (unpaired) electrons. The van der Waals surface area contributed by atoms with Gasteiger partial charge in [-0.2, -0.15) is 0 Å². The van der Waals surface area contributed by atoms with Crippen LogP contribution < -0.4 is 11.1 Å². The van der Waals surface area contributed by atoms with Crippen molar-refractivity contribution < 1.29 is 0 Å². The van der Waals surface area contributed by atoms with E-state index in [1.54, 1.807) is 6.20 Å². The van der Waals surface area contributed by atoms with Gasteiger partial charge in [-0.15, -0.1) is 0 Å². The number of pyridine rings is 1. The van der Waals surface area contributed by atoms with E-state index in [9.17, 15) is 0 Å². The van der Waals surface area contributed by atoms with Crippen LogP contribution in [0.25, 0.3) is 0 Å². The van der Waals surface area contributed by atoms with E-state index in [0.717, 1.165) is 27.7 Å². The quantitative estimate of drug-likeness (QED) is 0.864. The Bertz CT molecular complexity index is 384. The number of rotatable bonds is 3. The second-order valence-electron chi connectivity index (χ2n) is 4.57. The Morgan fingerprint density at radius 2 is 2.12 bits per heavy atom. The lowest BCUT2D eigenvalue weighted by molar-refractivity contribution is 0.321. The lowest BCUT2D eigenvalue weighted by Gasteiger charge is -2.28. The molecule has 2 unspecified atom stereocenters. The van der Waals surface area contributed by atoms with Gasteiger partial charge in [0.05, 0.1) is 4.47 Å². The molecule has 3 nitrogen and oxygen atoms in total. The minimum absolute atomic E-state index is 0.338. The summed E-state index contributed by atoms with van der Waals surface area (Å²) in [5.74, 6) is 1.46. The highest BCUT2D eigenvalue weighted by molar-refractivity contribution is 9.11. The van der Waals surface area contributed by atoms with Gasteiger partial charge in [-0.25, -0.2) is 4.98 Å². The number of aromatic nitrogens is 1. The summed E-state index contributed by atoms with van der Waals surface area (Å²) >= 11 is 6.89. The highest BCUT2D eigenvalue weighted by Crippen LogP contribution is 2.26. The van der Waals surface area contributed by atoms with E-state index in [4.69, 9.17) is 5.73 Å². The van der Waals surface area contributed by atoms with Gasteiger partial charge in [-0.3, -0.25) is 0 Å². The largest absolute Gasteiger partial charge is 0.369 e. The van der Waals surface area contributed by atoms with Crippen LogP contribution in [0.2, 0.25) is 0 Å². The zero-order valence-corrected chi connectivity index (χ0v) is 12.8. The molecule has 0 aliphatic heterocycles. The van der Waals surface area contributed by atoms with Crippen molar-refractivity contribution in [3.05, 3.63) is 21.2 Å². The molecule has 1 fully saturated rings. The first-order valence-corrected chi connectivity index (χ1v) is 7.56. The maximum Gasteiger partial charge on any atom is 0.140 e. The Labute approximate surface area is 119 Å². The van der Waals surface area contributed by atoms with Crippen molar-refractivity contribution in [2.24, 2.45) is 11.7 Å². The average molecular weight is 363 g/mol. The van der Waals surface area contributed by atoms with Gasteiger partial charge in [0.25, 0.3) is 0 Å². The van der Waals surface area contributed by atoms with E-state index in [-0.39, 0.29) is 0 Å². The van der Waals surface area contributed by atoms with Gasteiger partial charge >= 0.3 is 0 Å². The van der Waals surface area contributed by atoms with Gasteiger partial charge in [-0.05, 0) is 56.7 Å². The van der Waals surface area contributed by atoms with Gasteiger partial charge in [0.15, 0.2) is 0 Å². The van der Waals surface area contributed by atoms with Gasteiger partial charge in [0.2, 0.25) is 0 Å². The molecule has 1 saturated carbocycles. The molecular weight excluding hydrogens is 346 g/mol. The lowest BCUT2D eigenvalue weighted by atomic mass is 9.85. The third-order valence-electron chi connectivity index (χ3n) is 3.31. The standard InChI is InChI=1S/C12H17Br2N3/c13-9-5-10(14)12(17-7-9)16-6-8-3-1-2-4-11(8)15/h5,7-8,11H,1-4,6,15H2,(H,16,17). The van der Waals surface area contributed by atoms with E-state index in [0.29, 0.717) is 12.0 Å². The zero-order valence-electron chi connectivity index (χ0n) is 9.63. The van der Waals surface area contributed by atoms with Crippen LogP contribution in [-0.4, -0.2) is 17.6 Å². The summed E-state index contributed by atoms with van der Waals surface area (Å²) in [5.41, 5.74) is 6.13. The molecule has 17 heavy (non-hydrogen) atoms. The molecular formula is C12H17Br2N3. The highest BCUT2D eigenvalue weighted by atomic mass is 79.9. The van der Waals surface area contributed by atoms with E-state index in [1.165, 1.54) is 19.3 Å². The summed E-state index contributed by atoms with van der Waals surface area (Å²) in [6.45, 7) is 0.911. The van der Waals surface area contributed by atoms with Gasteiger partial charge in [0, 0.05) is 23.3 Å². The maximum absolute atomic E-state index is 6.13. The first kappa shape index (κ1) is 13.3. The lowest BCUT2D eigenvalue weighted by Crippen LogP contribution is -2.37. The molecule has 3 N–H and O–H groups in total. The maximum atomic E-state index is 6.13. The minimum atomic E-state index is 0.338. The van der Waals surface area contributed by atoms with E-state index in [2.05, 4.69) is 42.2 Å². The molecule has 94 valence electrons. The summed E-state index contributed by atoms with van der Waals surface area (Å²) in [6, 6.07) is 2.33. The molecule has 2 rings (SSSR count).